The monoisotopic (exact) mass is 203 g/mol. The topological polar surface area (TPSA) is 44.0 Å². The summed E-state index contributed by atoms with van der Waals surface area (Å²) in [6.45, 7) is 3.92. The fraction of sp³-hybridized carbons (Fsp3) is 0.625. The normalized spacial score (nSPS) is 9.17. The average molecular weight is 203 g/mol. The molecule has 0 fully saturated rings. The maximum absolute atomic E-state index is 8.84. The molecule has 0 saturated heterocycles. The SMILES string of the molecule is CCSC(SCC)=C(C#N)CO. The van der Waals surface area contributed by atoms with Crippen molar-refractivity contribution in [2.24, 2.45) is 0 Å². The van der Waals surface area contributed by atoms with E-state index in [4.69, 9.17) is 10.4 Å². The highest BCUT2D eigenvalue weighted by Gasteiger charge is 2.04. The molecule has 2 nitrogen and oxygen atoms in total. The van der Waals surface area contributed by atoms with E-state index in [1.54, 1.807) is 23.5 Å². The third-order valence-corrected chi connectivity index (χ3v) is 3.39. The van der Waals surface area contributed by atoms with Crippen LogP contribution in [0.4, 0.5) is 0 Å². The van der Waals surface area contributed by atoms with Crippen molar-refractivity contribution in [2.45, 2.75) is 13.8 Å². The number of rotatable bonds is 5. The van der Waals surface area contributed by atoms with E-state index in [0.29, 0.717) is 5.57 Å². The van der Waals surface area contributed by atoms with E-state index in [9.17, 15) is 0 Å². The Morgan fingerprint density at radius 3 is 2.08 bits per heavy atom. The van der Waals surface area contributed by atoms with Gasteiger partial charge in [-0.25, -0.2) is 0 Å². The predicted octanol–water partition coefficient (Wildman–Crippen LogP) is 2.22. The number of nitriles is 1. The van der Waals surface area contributed by atoms with E-state index in [0.717, 1.165) is 15.7 Å². The molecular weight excluding hydrogens is 190 g/mol. The number of aliphatic hydroxyl groups is 1. The lowest BCUT2D eigenvalue weighted by atomic mass is 10.4. The molecule has 0 aliphatic heterocycles. The van der Waals surface area contributed by atoms with Crippen LogP contribution >= 0.6 is 23.5 Å². The zero-order valence-electron chi connectivity index (χ0n) is 7.33. The van der Waals surface area contributed by atoms with E-state index >= 15 is 0 Å². The first kappa shape index (κ1) is 11.9. The quantitative estimate of drug-likeness (QED) is 0.696. The van der Waals surface area contributed by atoms with Gasteiger partial charge < -0.3 is 5.11 Å². The van der Waals surface area contributed by atoms with Gasteiger partial charge in [-0.3, -0.25) is 0 Å². The van der Waals surface area contributed by atoms with Crippen molar-refractivity contribution in [1.29, 1.82) is 5.26 Å². The summed E-state index contributed by atoms with van der Waals surface area (Å²) in [6, 6.07) is 2.01. The fourth-order valence-corrected chi connectivity index (χ4v) is 2.76. The molecule has 0 aliphatic rings. The Morgan fingerprint density at radius 1 is 1.33 bits per heavy atom. The minimum atomic E-state index is -0.147. The number of thioether (sulfide) groups is 2. The molecule has 68 valence electrons. The van der Waals surface area contributed by atoms with Crippen LogP contribution in [0.25, 0.3) is 0 Å². The van der Waals surface area contributed by atoms with Gasteiger partial charge in [0.2, 0.25) is 0 Å². The van der Waals surface area contributed by atoms with Gasteiger partial charge in [0.05, 0.1) is 22.5 Å². The lowest BCUT2D eigenvalue weighted by Gasteiger charge is -2.04. The summed E-state index contributed by atoms with van der Waals surface area (Å²) in [7, 11) is 0. The molecule has 0 aromatic carbocycles. The van der Waals surface area contributed by atoms with Crippen LogP contribution in [-0.4, -0.2) is 23.2 Å². The van der Waals surface area contributed by atoms with Crippen molar-refractivity contribution in [3.8, 4) is 6.07 Å². The van der Waals surface area contributed by atoms with Gasteiger partial charge in [-0.1, -0.05) is 13.8 Å². The van der Waals surface area contributed by atoms with Crippen LogP contribution in [0.2, 0.25) is 0 Å². The smallest absolute Gasteiger partial charge is 0.0989 e. The summed E-state index contributed by atoms with van der Waals surface area (Å²) in [5.74, 6) is 1.88. The number of hydrogen-bond donors (Lipinski definition) is 1. The molecule has 0 radical (unpaired) electrons. The van der Waals surface area contributed by atoms with E-state index in [-0.39, 0.29) is 6.61 Å². The maximum atomic E-state index is 8.84. The largest absolute Gasteiger partial charge is 0.391 e. The zero-order chi connectivity index (χ0) is 9.40. The van der Waals surface area contributed by atoms with E-state index in [1.165, 1.54) is 0 Å². The first-order valence-electron chi connectivity index (χ1n) is 3.79. The Hall–Kier alpha value is -0.110. The lowest BCUT2D eigenvalue weighted by Crippen LogP contribution is -1.90. The van der Waals surface area contributed by atoms with Crippen LogP contribution in [-0.2, 0) is 0 Å². The predicted molar refractivity (Wildman–Crippen MR) is 56.0 cm³/mol. The van der Waals surface area contributed by atoms with Gasteiger partial charge in [-0.15, -0.1) is 23.5 Å². The van der Waals surface area contributed by atoms with Gasteiger partial charge in [-0.05, 0) is 11.5 Å². The van der Waals surface area contributed by atoms with Crippen LogP contribution in [0.3, 0.4) is 0 Å². The molecule has 0 amide bonds. The van der Waals surface area contributed by atoms with E-state index < -0.39 is 0 Å². The van der Waals surface area contributed by atoms with Gasteiger partial charge in [-0.2, -0.15) is 5.26 Å². The number of aliphatic hydroxyl groups excluding tert-OH is 1. The Bertz CT molecular complexity index is 188. The Labute approximate surface area is 82.0 Å². The lowest BCUT2D eigenvalue weighted by molar-refractivity contribution is 0.336. The summed E-state index contributed by atoms with van der Waals surface area (Å²) >= 11 is 3.24. The molecule has 0 spiro atoms. The molecule has 12 heavy (non-hydrogen) atoms. The maximum Gasteiger partial charge on any atom is 0.0989 e. The first-order valence-corrected chi connectivity index (χ1v) is 5.76. The van der Waals surface area contributed by atoms with Crippen molar-refractivity contribution >= 4 is 23.5 Å². The van der Waals surface area contributed by atoms with Crippen LogP contribution in [0.1, 0.15) is 13.8 Å². The minimum absolute atomic E-state index is 0.147. The highest BCUT2D eigenvalue weighted by atomic mass is 32.2. The van der Waals surface area contributed by atoms with Crippen LogP contribution in [0, 0.1) is 11.3 Å². The number of hydrogen-bond acceptors (Lipinski definition) is 4. The molecule has 0 aliphatic carbocycles. The molecule has 0 unspecified atom stereocenters. The molecule has 0 aromatic rings. The van der Waals surface area contributed by atoms with Crippen molar-refractivity contribution < 1.29 is 5.11 Å². The van der Waals surface area contributed by atoms with E-state index in [2.05, 4.69) is 0 Å². The fourth-order valence-electron chi connectivity index (χ4n) is 0.624. The second-order valence-electron chi connectivity index (χ2n) is 1.90. The molecule has 4 heteroatoms. The Balaban J connectivity index is 4.42. The second-order valence-corrected chi connectivity index (χ2v) is 4.71. The molecule has 0 rings (SSSR count). The second kappa shape index (κ2) is 7.53. The van der Waals surface area contributed by atoms with Crippen LogP contribution in [0.15, 0.2) is 9.81 Å². The van der Waals surface area contributed by atoms with Crippen LogP contribution in [0.5, 0.6) is 0 Å². The standard InChI is InChI=1S/C8H13NOS2/c1-3-11-8(12-4-2)7(5-9)6-10/h10H,3-4,6H2,1-2H3. The molecule has 0 saturated carbocycles. The van der Waals surface area contributed by atoms with Crippen molar-refractivity contribution in [2.75, 3.05) is 18.1 Å². The Morgan fingerprint density at radius 2 is 1.83 bits per heavy atom. The van der Waals surface area contributed by atoms with Crippen molar-refractivity contribution in [3.63, 3.8) is 0 Å². The van der Waals surface area contributed by atoms with Gasteiger partial charge in [0.15, 0.2) is 0 Å². The van der Waals surface area contributed by atoms with Gasteiger partial charge >= 0.3 is 0 Å². The van der Waals surface area contributed by atoms with Gasteiger partial charge in [0.25, 0.3) is 0 Å². The highest BCUT2D eigenvalue weighted by molar-refractivity contribution is 8.22. The summed E-state index contributed by atoms with van der Waals surface area (Å²) < 4.78 is 0.963. The molecule has 1 N–H and O–H groups in total. The zero-order valence-corrected chi connectivity index (χ0v) is 8.97. The summed E-state index contributed by atoms with van der Waals surface area (Å²) in [5, 5.41) is 17.5. The van der Waals surface area contributed by atoms with Crippen molar-refractivity contribution in [3.05, 3.63) is 9.81 Å². The minimum Gasteiger partial charge on any atom is -0.391 e. The third-order valence-electron chi connectivity index (χ3n) is 1.09. The molecule has 0 atom stereocenters. The Kier molecular flexibility index (Phi) is 7.47. The van der Waals surface area contributed by atoms with Gasteiger partial charge in [0, 0.05) is 0 Å². The summed E-state index contributed by atoms with van der Waals surface area (Å²) in [4.78, 5) is 0. The molecule has 0 aromatic heterocycles. The summed E-state index contributed by atoms with van der Waals surface area (Å²) in [5.41, 5.74) is 0.494. The summed E-state index contributed by atoms with van der Waals surface area (Å²) in [6.07, 6.45) is 0. The molecular formula is C8H13NOS2. The molecule has 0 bridgehead atoms. The van der Waals surface area contributed by atoms with Crippen LogP contribution < -0.4 is 0 Å². The van der Waals surface area contributed by atoms with E-state index in [1.807, 2.05) is 19.9 Å². The first-order chi connectivity index (χ1) is 5.79. The molecule has 0 heterocycles. The third kappa shape index (κ3) is 4.05. The van der Waals surface area contributed by atoms with Gasteiger partial charge in [0.1, 0.15) is 0 Å². The van der Waals surface area contributed by atoms with Crippen molar-refractivity contribution in [1.82, 2.24) is 0 Å². The number of nitrogens with zero attached hydrogens (tertiary/aromatic N) is 1. The highest BCUT2D eigenvalue weighted by Crippen LogP contribution is 2.30. The average Bonchev–Trinajstić information content (AvgIpc) is 2.07.